The summed E-state index contributed by atoms with van der Waals surface area (Å²) < 4.78 is 5.31. The number of aliphatic hydroxyl groups excluding tert-OH is 1. The van der Waals surface area contributed by atoms with Crippen LogP contribution >= 0.6 is 0 Å². The van der Waals surface area contributed by atoms with Crippen LogP contribution < -0.4 is 0 Å². The SMILES string of the molecule is C[C@@H](O)CN(CC1CC1)C(=O)OC(C)(C)C. The first kappa shape index (κ1) is 13.3. The Morgan fingerprint density at radius 1 is 1.50 bits per heavy atom. The molecule has 1 fully saturated rings. The summed E-state index contributed by atoms with van der Waals surface area (Å²) in [6.45, 7) is 8.29. The summed E-state index contributed by atoms with van der Waals surface area (Å²) in [7, 11) is 0. The maximum Gasteiger partial charge on any atom is 0.410 e. The zero-order valence-corrected chi connectivity index (χ0v) is 10.7. The van der Waals surface area contributed by atoms with Crippen molar-refractivity contribution in [2.24, 2.45) is 5.92 Å². The molecular weight excluding hydrogens is 206 g/mol. The van der Waals surface area contributed by atoms with Crippen molar-refractivity contribution in [2.45, 2.75) is 52.2 Å². The van der Waals surface area contributed by atoms with Crippen molar-refractivity contribution in [3.8, 4) is 0 Å². The highest BCUT2D eigenvalue weighted by Crippen LogP contribution is 2.30. The topological polar surface area (TPSA) is 49.8 Å². The first-order valence-corrected chi connectivity index (χ1v) is 5.94. The third-order valence-electron chi connectivity index (χ3n) is 2.31. The van der Waals surface area contributed by atoms with Gasteiger partial charge < -0.3 is 14.7 Å². The highest BCUT2D eigenvalue weighted by Gasteiger charge is 2.29. The predicted molar refractivity (Wildman–Crippen MR) is 62.2 cm³/mol. The fraction of sp³-hybridized carbons (Fsp3) is 0.917. The van der Waals surface area contributed by atoms with Crippen LogP contribution in [0.5, 0.6) is 0 Å². The van der Waals surface area contributed by atoms with Crippen molar-refractivity contribution in [3.05, 3.63) is 0 Å². The molecule has 1 aliphatic carbocycles. The Labute approximate surface area is 97.6 Å². The van der Waals surface area contributed by atoms with E-state index in [4.69, 9.17) is 4.74 Å². The second-order valence-corrected chi connectivity index (χ2v) is 5.68. The second kappa shape index (κ2) is 5.04. The molecule has 0 spiro atoms. The number of carbonyl (C=O) groups excluding carboxylic acids is 1. The first-order chi connectivity index (χ1) is 7.28. The van der Waals surface area contributed by atoms with Gasteiger partial charge in [-0.25, -0.2) is 4.79 Å². The second-order valence-electron chi connectivity index (χ2n) is 5.68. The van der Waals surface area contributed by atoms with Crippen LogP contribution in [0.25, 0.3) is 0 Å². The minimum Gasteiger partial charge on any atom is -0.444 e. The van der Waals surface area contributed by atoms with E-state index in [0.717, 1.165) is 0 Å². The molecule has 0 aromatic heterocycles. The maximum absolute atomic E-state index is 11.9. The number of nitrogens with zero attached hydrogens (tertiary/aromatic N) is 1. The molecule has 4 heteroatoms. The molecule has 1 aliphatic rings. The Morgan fingerprint density at radius 3 is 2.44 bits per heavy atom. The molecule has 0 unspecified atom stereocenters. The number of carbonyl (C=O) groups is 1. The molecule has 0 aliphatic heterocycles. The van der Waals surface area contributed by atoms with E-state index in [-0.39, 0.29) is 6.09 Å². The molecule has 0 radical (unpaired) electrons. The number of hydrogen-bond acceptors (Lipinski definition) is 3. The van der Waals surface area contributed by atoms with Gasteiger partial charge in [-0.15, -0.1) is 0 Å². The van der Waals surface area contributed by atoms with Gasteiger partial charge in [0, 0.05) is 13.1 Å². The van der Waals surface area contributed by atoms with Crippen LogP contribution in [0.3, 0.4) is 0 Å². The van der Waals surface area contributed by atoms with E-state index in [1.807, 2.05) is 20.8 Å². The predicted octanol–water partition coefficient (Wildman–Crippen LogP) is 2.01. The maximum atomic E-state index is 11.9. The van der Waals surface area contributed by atoms with Gasteiger partial charge in [0.1, 0.15) is 5.60 Å². The van der Waals surface area contributed by atoms with Crippen LogP contribution in [-0.2, 0) is 4.74 Å². The van der Waals surface area contributed by atoms with E-state index >= 15 is 0 Å². The Kier molecular flexibility index (Phi) is 4.19. The van der Waals surface area contributed by atoms with E-state index in [0.29, 0.717) is 19.0 Å². The summed E-state index contributed by atoms with van der Waals surface area (Å²) in [5.74, 6) is 0.603. The fourth-order valence-electron chi connectivity index (χ4n) is 1.48. The average molecular weight is 229 g/mol. The van der Waals surface area contributed by atoms with Gasteiger partial charge in [-0.2, -0.15) is 0 Å². The lowest BCUT2D eigenvalue weighted by molar-refractivity contribution is 0.0151. The van der Waals surface area contributed by atoms with Crippen LogP contribution in [0.2, 0.25) is 0 Å². The molecule has 0 aromatic rings. The summed E-state index contributed by atoms with van der Waals surface area (Å²) in [5.41, 5.74) is -0.475. The van der Waals surface area contributed by atoms with Gasteiger partial charge in [0.15, 0.2) is 0 Å². The Balaban J connectivity index is 2.48. The first-order valence-electron chi connectivity index (χ1n) is 5.94. The molecule has 1 amide bonds. The largest absolute Gasteiger partial charge is 0.444 e. The lowest BCUT2D eigenvalue weighted by atomic mass is 10.2. The third kappa shape index (κ3) is 5.35. The van der Waals surface area contributed by atoms with Gasteiger partial charge in [0.05, 0.1) is 6.10 Å². The normalized spacial score (nSPS) is 18.1. The van der Waals surface area contributed by atoms with Gasteiger partial charge >= 0.3 is 6.09 Å². The van der Waals surface area contributed by atoms with E-state index in [2.05, 4.69) is 0 Å². The number of aliphatic hydroxyl groups is 1. The molecule has 94 valence electrons. The van der Waals surface area contributed by atoms with Crippen molar-refractivity contribution in [3.63, 3.8) is 0 Å². The highest BCUT2D eigenvalue weighted by molar-refractivity contribution is 5.68. The zero-order chi connectivity index (χ0) is 12.3. The minimum absolute atomic E-state index is 0.319. The summed E-state index contributed by atoms with van der Waals surface area (Å²) in [6, 6.07) is 0. The molecule has 1 rings (SSSR count). The van der Waals surface area contributed by atoms with E-state index < -0.39 is 11.7 Å². The molecule has 0 bridgehead atoms. The smallest absolute Gasteiger partial charge is 0.410 e. The number of ether oxygens (including phenoxy) is 1. The van der Waals surface area contributed by atoms with Gasteiger partial charge in [0.25, 0.3) is 0 Å². The van der Waals surface area contributed by atoms with Crippen LogP contribution in [0.4, 0.5) is 4.79 Å². The lowest BCUT2D eigenvalue weighted by Crippen LogP contribution is -2.41. The molecule has 0 aromatic carbocycles. The van der Waals surface area contributed by atoms with Gasteiger partial charge in [0.2, 0.25) is 0 Å². The number of amides is 1. The number of hydrogen-bond donors (Lipinski definition) is 1. The molecule has 1 N–H and O–H groups in total. The van der Waals surface area contributed by atoms with Crippen LogP contribution in [0, 0.1) is 5.92 Å². The monoisotopic (exact) mass is 229 g/mol. The fourth-order valence-corrected chi connectivity index (χ4v) is 1.48. The summed E-state index contributed by atoms with van der Waals surface area (Å²) in [5, 5.41) is 9.35. The Bertz CT molecular complexity index is 237. The van der Waals surface area contributed by atoms with E-state index in [9.17, 15) is 9.90 Å². The Morgan fingerprint density at radius 2 is 2.06 bits per heavy atom. The van der Waals surface area contributed by atoms with Crippen molar-refractivity contribution in [1.29, 1.82) is 0 Å². The molecule has 1 atom stereocenters. The molecular formula is C12H23NO3. The highest BCUT2D eigenvalue weighted by atomic mass is 16.6. The Hall–Kier alpha value is -0.770. The summed E-state index contributed by atoms with van der Waals surface area (Å²) >= 11 is 0. The molecule has 1 saturated carbocycles. The zero-order valence-electron chi connectivity index (χ0n) is 10.7. The number of rotatable bonds is 4. The van der Waals surface area contributed by atoms with Crippen molar-refractivity contribution in [1.82, 2.24) is 4.90 Å². The molecule has 0 saturated heterocycles. The van der Waals surface area contributed by atoms with Crippen LogP contribution in [0.1, 0.15) is 40.5 Å². The summed E-state index contributed by atoms with van der Waals surface area (Å²) in [4.78, 5) is 13.5. The lowest BCUT2D eigenvalue weighted by Gasteiger charge is -2.28. The molecule has 16 heavy (non-hydrogen) atoms. The van der Waals surface area contributed by atoms with Crippen molar-refractivity contribution >= 4 is 6.09 Å². The van der Waals surface area contributed by atoms with Crippen molar-refractivity contribution in [2.75, 3.05) is 13.1 Å². The third-order valence-corrected chi connectivity index (χ3v) is 2.31. The van der Waals surface area contributed by atoms with Crippen LogP contribution in [-0.4, -0.2) is 40.9 Å². The van der Waals surface area contributed by atoms with E-state index in [1.165, 1.54) is 12.8 Å². The standard InChI is InChI=1S/C12H23NO3/c1-9(14)7-13(8-10-5-6-10)11(15)16-12(2,3)4/h9-10,14H,5-8H2,1-4H3/t9-/m1/s1. The summed E-state index contributed by atoms with van der Waals surface area (Å²) in [6.07, 6.45) is 1.53. The van der Waals surface area contributed by atoms with Crippen LogP contribution in [0.15, 0.2) is 0 Å². The quantitative estimate of drug-likeness (QED) is 0.802. The van der Waals surface area contributed by atoms with Gasteiger partial charge in [-0.3, -0.25) is 0 Å². The molecule has 4 nitrogen and oxygen atoms in total. The van der Waals surface area contributed by atoms with E-state index in [1.54, 1.807) is 11.8 Å². The molecule has 0 heterocycles. The average Bonchev–Trinajstić information content (AvgIpc) is 2.82. The van der Waals surface area contributed by atoms with Gasteiger partial charge in [-0.05, 0) is 46.5 Å². The van der Waals surface area contributed by atoms with Crippen molar-refractivity contribution < 1.29 is 14.6 Å². The minimum atomic E-state index is -0.508. The van der Waals surface area contributed by atoms with Gasteiger partial charge in [-0.1, -0.05) is 0 Å².